The minimum Gasteiger partial charge on any atom is -0.350 e. The number of aromatic nitrogens is 1. The highest BCUT2D eigenvalue weighted by Crippen LogP contribution is 2.37. The summed E-state index contributed by atoms with van der Waals surface area (Å²) >= 11 is 6.61. The van der Waals surface area contributed by atoms with Crippen molar-refractivity contribution in [3.8, 4) is 0 Å². The van der Waals surface area contributed by atoms with E-state index in [0.717, 1.165) is 16.5 Å². The fourth-order valence-electron chi connectivity index (χ4n) is 2.91. The topological polar surface area (TPSA) is 25.2 Å². The maximum atomic E-state index is 13.1. The number of rotatable bonds is 2. The number of anilines is 1. The van der Waals surface area contributed by atoms with E-state index < -0.39 is 0 Å². The first-order valence-corrected chi connectivity index (χ1v) is 8.84. The molecule has 0 N–H and O–H groups in total. The molecule has 3 aromatic rings. The van der Waals surface area contributed by atoms with Crippen LogP contribution in [0.1, 0.15) is 5.56 Å². The zero-order valence-electron chi connectivity index (χ0n) is 13.3. The van der Waals surface area contributed by atoms with Gasteiger partial charge in [0.05, 0.1) is 10.6 Å². The molecule has 4 rings (SSSR count). The summed E-state index contributed by atoms with van der Waals surface area (Å²) in [5.41, 5.74) is 2.64. The molecule has 0 unspecified atom stereocenters. The molecule has 2 aromatic carbocycles. The second kappa shape index (κ2) is 6.13. The highest BCUT2D eigenvalue weighted by molar-refractivity contribution is 8.27. The molecule has 0 aliphatic carbocycles. The van der Waals surface area contributed by atoms with Gasteiger partial charge >= 0.3 is 0 Å². The molecule has 1 aromatic heterocycles. The highest BCUT2D eigenvalue weighted by Gasteiger charge is 2.33. The average Bonchev–Trinajstić information content (AvgIpc) is 3.06. The zero-order chi connectivity index (χ0) is 17.6. The van der Waals surface area contributed by atoms with Crippen LogP contribution in [0.5, 0.6) is 0 Å². The van der Waals surface area contributed by atoms with Crippen LogP contribution in [0, 0.1) is 5.82 Å². The second-order valence-corrected chi connectivity index (χ2v) is 7.38. The van der Waals surface area contributed by atoms with Crippen LogP contribution in [-0.2, 0) is 11.8 Å². The Hall–Kier alpha value is -2.44. The summed E-state index contributed by atoms with van der Waals surface area (Å²) in [6.07, 6.45) is 3.86. The largest absolute Gasteiger partial charge is 0.350 e. The third-order valence-electron chi connectivity index (χ3n) is 4.09. The van der Waals surface area contributed by atoms with Gasteiger partial charge < -0.3 is 4.57 Å². The minimum atomic E-state index is -0.347. The number of hydrogen-bond donors (Lipinski definition) is 0. The molecule has 1 aliphatic rings. The zero-order valence-corrected chi connectivity index (χ0v) is 14.9. The quantitative estimate of drug-likeness (QED) is 0.483. The fourth-order valence-corrected chi connectivity index (χ4v) is 4.20. The van der Waals surface area contributed by atoms with E-state index in [1.165, 1.54) is 28.8 Å². The number of hydrogen-bond acceptors (Lipinski definition) is 3. The standard InChI is InChI=1S/C19H13FN2OS2/c1-21-11-12(15-4-2-3-5-16(15)21)10-17-18(23)22(19(24)25-17)14-8-6-13(20)7-9-14/h2-11H,1H3. The summed E-state index contributed by atoms with van der Waals surface area (Å²) in [5, 5.41) is 1.08. The number of halogens is 1. The lowest BCUT2D eigenvalue weighted by Gasteiger charge is -2.14. The lowest BCUT2D eigenvalue weighted by Crippen LogP contribution is -2.27. The Kier molecular flexibility index (Phi) is 3.94. The van der Waals surface area contributed by atoms with Gasteiger partial charge in [-0.3, -0.25) is 9.69 Å². The second-order valence-electron chi connectivity index (χ2n) is 5.71. The Morgan fingerprint density at radius 1 is 1.12 bits per heavy atom. The van der Waals surface area contributed by atoms with Crippen LogP contribution in [0.2, 0.25) is 0 Å². The predicted octanol–water partition coefficient (Wildman–Crippen LogP) is 4.72. The maximum absolute atomic E-state index is 13.1. The summed E-state index contributed by atoms with van der Waals surface area (Å²) < 4.78 is 15.6. The number of thiocarbonyl (C=S) groups is 1. The van der Waals surface area contributed by atoms with Gasteiger partial charge in [0.2, 0.25) is 0 Å². The van der Waals surface area contributed by atoms with Crippen LogP contribution in [-0.4, -0.2) is 14.8 Å². The van der Waals surface area contributed by atoms with Crippen molar-refractivity contribution in [1.82, 2.24) is 4.57 Å². The van der Waals surface area contributed by atoms with E-state index in [9.17, 15) is 9.18 Å². The van der Waals surface area contributed by atoms with Crippen molar-refractivity contribution >= 4 is 56.9 Å². The van der Waals surface area contributed by atoms with E-state index in [4.69, 9.17) is 12.2 Å². The van der Waals surface area contributed by atoms with Crippen LogP contribution in [0.4, 0.5) is 10.1 Å². The summed E-state index contributed by atoms with van der Waals surface area (Å²) in [5.74, 6) is -0.532. The first kappa shape index (κ1) is 16.1. The van der Waals surface area contributed by atoms with E-state index in [1.54, 1.807) is 12.1 Å². The summed E-state index contributed by atoms with van der Waals surface area (Å²) in [6.45, 7) is 0. The summed E-state index contributed by atoms with van der Waals surface area (Å²) in [4.78, 5) is 14.8. The molecule has 1 amide bonds. The van der Waals surface area contributed by atoms with Crippen molar-refractivity contribution in [1.29, 1.82) is 0 Å². The number of nitrogens with zero attached hydrogens (tertiary/aromatic N) is 2. The third-order valence-corrected chi connectivity index (χ3v) is 5.40. The van der Waals surface area contributed by atoms with Crippen molar-refractivity contribution in [2.45, 2.75) is 0 Å². The molecule has 0 atom stereocenters. The van der Waals surface area contributed by atoms with E-state index in [0.29, 0.717) is 14.9 Å². The van der Waals surface area contributed by atoms with Gasteiger partial charge in [-0.25, -0.2) is 4.39 Å². The number of para-hydroxylation sites is 1. The van der Waals surface area contributed by atoms with Crippen molar-refractivity contribution in [3.63, 3.8) is 0 Å². The van der Waals surface area contributed by atoms with Crippen molar-refractivity contribution in [2.75, 3.05) is 4.90 Å². The molecule has 1 saturated heterocycles. The molecule has 0 radical (unpaired) electrons. The van der Waals surface area contributed by atoms with Gasteiger partial charge in [-0.1, -0.05) is 42.2 Å². The maximum Gasteiger partial charge on any atom is 0.270 e. The van der Waals surface area contributed by atoms with Crippen LogP contribution in [0.15, 0.2) is 59.6 Å². The van der Waals surface area contributed by atoms with Crippen LogP contribution in [0.25, 0.3) is 17.0 Å². The van der Waals surface area contributed by atoms with E-state index in [-0.39, 0.29) is 11.7 Å². The number of amides is 1. The first-order chi connectivity index (χ1) is 12.0. The summed E-state index contributed by atoms with van der Waals surface area (Å²) in [6, 6.07) is 13.8. The molecule has 3 nitrogen and oxygen atoms in total. The van der Waals surface area contributed by atoms with Crippen LogP contribution >= 0.6 is 24.0 Å². The predicted molar refractivity (Wildman–Crippen MR) is 105 cm³/mol. The number of thioether (sulfide) groups is 1. The SMILES string of the molecule is Cn1cc(C=C2SC(=S)N(c3ccc(F)cc3)C2=O)c2ccccc21. The Bertz CT molecular complexity index is 1040. The Morgan fingerprint density at radius 2 is 1.84 bits per heavy atom. The number of benzene rings is 2. The van der Waals surface area contributed by atoms with Gasteiger partial charge in [0.15, 0.2) is 4.32 Å². The van der Waals surface area contributed by atoms with Gasteiger partial charge in [0, 0.05) is 29.7 Å². The third kappa shape index (κ3) is 2.77. The number of aryl methyl sites for hydroxylation is 1. The Balaban J connectivity index is 1.74. The number of carbonyl (C=O) groups excluding carboxylic acids is 1. The molecule has 1 fully saturated rings. The molecule has 25 heavy (non-hydrogen) atoms. The molecule has 1 aliphatic heterocycles. The fraction of sp³-hybridized carbons (Fsp3) is 0.0526. The number of fused-ring (bicyclic) bond motifs is 1. The lowest BCUT2D eigenvalue weighted by atomic mass is 10.1. The molecular weight excluding hydrogens is 355 g/mol. The molecule has 124 valence electrons. The van der Waals surface area contributed by atoms with Crippen molar-refractivity contribution < 1.29 is 9.18 Å². The normalized spacial score (nSPS) is 16.4. The van der Waals surface area contributed by atoms with Crippen LogP contribution in [0.3, 0.4) is 0 Å². The van der Waals surface area contributed by atoms with E-state index >= 15 is 0 Å². The van der Waals surface area contributed by atoms with E-state index in [2.05, 4.69) is 0 Å². The Labute approximate surface area is 153 Å². The average molecular weight is 368 g/mol. The smallest absolute Gasteiger partial charge is 0.270 e. The lowest BCUT2D eigenvalue weighted by molar-refractivity contribution is -0.113. The van der Waals surface area contributed by atoms with Gasteiger partial charge in [0.1, 0.15) is 5.82 Å². The Morgan fingerprint density at radius 3 is 2.60 bits per heavy atom. The van der Waals surface area contributed by atoms with Crippen LogP contribution < -0.4 is 4.90 Å². The van der Waals surface area contributed by atoms with Gasteiger partial charge in [-0.05, 0) is 36.4 Å². The summed E-state index contributed by atoms with van der Waals surface area (Å²) in [7, 11) is 1.98. The van der Waals surface area contributed by atoms with Gasteiger partial charge in [0.25, 0.3) is 5.91 Å². The molecule has 2 heterocycles. The first-order valence-electron chi connectivity index (χ1n) is 7.62. The van der Waals surface area contributed by atoms with Crippen molar-refractivity contribution in [3.05, 3.63) is 71.0 Å². The van der Waals surface area contributed by atoms with E-state index in [1.807, 2.05) is 48.2 Å². The number of carbonyl (C=O) groups is 1. The molecule has 0 bridgehead atoms. The van der Waals surface area contributed by atoms with Gasteiger partial charge in [-0.15, -0.1) is 0 Å². The molecule has 6 heteroatoms. The van der Waals surface area contributed by atoms with Gasteiger partial charge in [-0.2, -0.15) is 0 Å². The van der Waals surface area contributed by atoms with Crippen molar-refractivity contribution in [2.24, 2.45) is 7.05 Å². The molecule has 0 saturated carbocycles. The molecule has 0 spiro atoms. The highest BCUT2D eigenvalue weighted by atomic mass is 32.2. The molecular formula is C19H13FN2OS2. The monoisotopic (exact) mass is 368 g/mol. The minimum absolute atomic E-state index is 0.186.